The summed E-state index contributed by atoms with van der Waals surface area (Å²) in [5.74, 6) is -0.0783. The molecular weight excluding hydrogens is 278 g/mol. The van der Waals surface area contributed by atoms with Crippen LogP contribution < -0.4 is 0 Å². The van der Waals surface area contributed by atoms with Gasteiger partial charge in [-0.3, -0.25) is 4.79 Å². The molecule has 0 aliphatic carbocycles. The Bertz CT molecular complexity index is 299. The third-order valence-corrected chi connectivity index (χ3v) is 2.72. The highest BCUT2D eigenvalue weighted by molar-refractivity contribution is 14.1. The molecule has 0 unspecified atom stereocenters. The summed E-state index contributed by atoms with van der Waals surface area (Å²) in [6.45, 7) is 0. The average molecular weight is 282 g/mol. The lowest BCUT2D eigenvalue weighted by Crippen LogP contribution is -1.83. The second-order valence-corrected chi connectivity index (χ2v) is 3.51. The van der Waals surface area contributed by atoms with Crippen LogP contribution in [0.15, 0.2) is 12.1 Å². The van der Waals surface area contributed by atoms with Gasteiger partial charge in [-0.1, -0.05) is 11.6 Å². The molecule has 1 N–H and O–H groups in total. The molecule has 4 heteroatoms. The molecule has 0 aliphatic heterocycles. The normalized spacial score (nSPS) is 9.64. The van der Waals surface area contributed by atoms with Crippen LogP contribution in [0.2, 0.25) is 5.02 Å². The van der Waals surface area contributed by atoms with Gasteiger partial charge in [0.25, 0.3) is 0 Å². The Kier molecular flexibility index (Phi) is 2.72. The Morgan fingerprint density at radius 1 is 1.55 bits per heavy atom. The van der Waals surface area contributed by atoms with Crippen molar-refractivity contribution in [2.75, 3.05) is 0 Å². The first-order valence-electron chi connectivity index (χ1n) is 2.78. The van der Waals surface area contributed by atoms with Gasteiger partial charge in [-0.05, 0) is 28.7 Å². The van der Waals surface area contributed by atoms with Crippen molar-refractivity contribution in [3.05, 3.63) is 26.3 Å². The number of carbonyl (C=O) groups is 1. The van der Waals surface area contributed by atoms with Gasteiger partial charge >= 0.3 is 0 Å². The topological polar surface area (TPSA) is 37.3 Å². The second kappa shape index (κ2) is 3.40. The molecule has 1 rings (SSSR count). The van der Waals surface area contributed by atoms with Crippen LogP contribution in [0.3, 0.4) is 0 Å². The first kappa shape index (κ1) is 8.80. The minimum absolute atomic E-state index is 0.0783. The molecular formula is C7H4ClIO2. The summed E-state index contributed by atoms with van der Waals surface area (Å²) in [5.41, 5.74) is 0.263. The number of hydrogen-bond donors (Lipinski definition) is 1. The Morgan fingerprint density at radius 2 is 2.18 bits per heavy atom. The third kappa shape index (κ3) is 1.84. The number of benzene rings is 1. The van der Waals surface area contributed by atoms with E-state index in [1.165, 1.54) is 12.1 Å². The molecule has 0 aliphatic rings. The Labute approximate surface area is 82.3 Å². The van der Waals surface area contributed by atoms with E-state index in [4.69, 9.17) is 16.7 Å². The van der Waals surface area contributed by atoms with Crippen LogP contribution in [0.4, 0.5) is 0 Å². The lowest BCUT2D eigenvalue weighted by atomic mass is 10.2. The molecule has 0 fully saturated rings. The van der Waals surface area contributed by atoms with Crippen LogP contribution in [0.25, 0.3) is 0 Å². The standard InChI is InChI=1S/C7H4ClIO2/c8-5-2-7(11)4(3-10)1-6(5)9/h1-3,11H. The second-order valence-electron chi connectivity index (χ2n) is 1.94. The summed E-state index contributed by atoms with van der Waals surface area (Å²) in [6.07, 6.45) is 0.591. The molecule has 0 atom stereocenters. The van der Waals surface area contributed by atoms with E-state index in [1.54, 1.807) is 0 Å². The number of aldehydes is 1. The van der Waals surface area contributed by atoms with Crippen molar-refractivity contribution < 1.29 is 9.90 Å². The van der Waals surface area contributed by atoms with Gasteiger partial charge in [0.1, 0.15) is 5.75 Å². The highest BCUT2D eigenvalue weighted by Crippen LogP contribution is 2.25. The first-order chi connectivity index (χ1) is 5.15. The van der Waals surface area contributed by atoms with Gasteiger partial charge in [0.15, 0.2) is 6.29 Å². The molecule has 2 nitrogen and oxygen atoms in total. The maximum Gasteiger partial charge on any atom is 0.153 e. The van der Waals surface area contributed by atoms with Crippen LogP contribution >= 0.6 is 34.2 Å². The molecule has 0 saturated carbocycles. The number of carbonyl (C=O) groups excluding carboxylic acids is 1. The fourth-order valence-electron chi connectivity index (χ4n) is 0.646. The van der Waals surface area contributed by atoms with Crippen LogP contribution in [0, 0.1) is 3.57 Å². The summed E-state index contributed by atoms with van der Waals surface area (Å²) >= 11 is 7.65. The molecule has 0 heterocycles. The predicted molar refractivity (Wildman–Crippen MR) is 51.2 cm³/mol. The predicted octanol–water partition coefficient (Wildman–Crippen LogP) is 2.46. The molecule has 0 aromatic heterocycles. The first-order valence-corrected chi connectivity index (χ1v) is 4.24. The summed E-state index contributed by atoms with van der Waals surface area (Å²) in [4.78, 5) is 10.3. The third-order valence-electron chi connectivity index (χ3n) is 1.20. The summed E-state index contributed by atoms with van der Waals surface area (Å²) in [6, 6.07) is 2.89. The number of aromatic hydroxyl groups is 1. The Hall–Kier alpha value is -0.290. The summed E-state index contributed by atoms with van der Waals surface area (Å²) in [7, 11) is 0. The van der Waals surface area contributed by atoms with Gasteiger partial charge < -0.3 is 5.11 Å². The zero-order valence-electron chi connectivity index (χ0n) is 5.34. The zero-order chi connectivity index (χ0) is 8.43. The van der Waals surface area contributed by atoms with Crippen molar-refractivity contribution in [3.8, 4) is 5.75 Å². The van der Waals surface area contributed by atoms with Crippen molar-refractivity contribution >= 4 is 40.5 Å². The van der Waals surface area contributed by atoms with Gasteiger partial charge in [-0.15, -0.1) is 0 Å². The van der Waals surface area contributed by atoms with Crippen LogP contribution in [0.1, 0.15) is 10.4 Å². The number of hydrogen-bond acceptors (Lipinski definition) is 2. The summed E-state index contributed by atoms with van der Waals surface area (Å²) in [5, 5.41) is 9.55. The van der Waals surface area contributed by atoms with E-state index in [2.05, 4.69) is 0 Å². The van der Waals surface area contributed by atoms with Gasteiger partial charge in [0.05, 0.1) is 10.6 Å². The maximum atomic E-state index is 10.3. The lowest BCUT2D eigenvalue weighted by Gasteiger charge is -1.99. The van der Waals surface area contributed by atoms with Crippen LogP contribution in [-0.4, -0.2) is 11.4 Å². The van der Waals surface area contributed by atoms with Crippen LogP contribution in [-0.2, 0) is 0 Å². The van der Waals surface area contributed by atoms with E-state index in [1.807, 2.05) is 22.6 Å². The Balaban J connectivity index is 3.31. The molecule has 0 spiro atoms. The molecule has 0 saturated heterocycles. The maximum absolute atomic E-state index is 10.3. The molecule has 1 aromatic carbocycles. The number of phenols is 1. The van der Waals surface area contributed by atoms with Crippen molar-refractivity contribution in [3.63, 3.8) is 0 Å². The van der Waals surface area contributed by atoms with Crippen molar-refractivity contribution in [2.24, 2.45) is 0 Å². The van der Waals surface area contributed by atoms with E-state index in [0.717, 1.165) is 3.57 Å². The van der Waals surface area contributed by atoms with E-state index < -0.39 is 0 Å². The van der Waals surface area contributed by atoms with Crippen LogP contribution in [0.5, 0.6) is 5.75 Å². The minimum Gasteiger partial charge on any atom is -0.507 e. The van der Waals surface area contributed by atoms with E-state index in [9.17, 15) is 4.79 Å². The van der Waals surface area contributed by atoms with E-state index in [0.29, 0.717) is 11.3 Å². The van der Waals surface area contributed by atoms with Crippen molar-refractivity contribution in [2.45, 2.75) is 0 Å². The average Bonchev–Trinajstić information content (AvgIpc) is 1.97. The van der Waals surface area contributed by atoms with Gasteiger partial charge in [0.2, 0.25) is 0 Å². The highest BCUT2D eigenvalue weighted by Gasteiger charge is 2.03. The summed E-state index contributed by atoms with van der Waals surface area (Å²) < 4.78 is 0.754. The number of halogens is 2. The SMILES string of the molecule is O=Cc1cc(I)c(Cl)cc1O. The fourth-order valence-corrected chi connectivity index (χ4v) is 1.30. The van der Waals surface area contributed by atoms with E-state index in [-0.39, 0.29) is 11.3 Å². The smallest absolute Gasteiger partial charge is 0.153 e. The molecule has 0 amide bonds. The van der Waals surface area contributed by atoms with Gasteiger partial charge in [-0.25, -0.2) is 0 Å². The zero-order valence-corrected chi connectivity index (χ0v) is 8.26. The minimum atomic E-state index is -0.0783. The fraction of sp³-hybridized carbons (Fsp3) is 0. The Morgan fingerprint density at radius 3 is 2.73 bits per heavy atom. The largest absolute Gasteiger partial charge is 0.507 e. The monoisotopic (exact) mass is 282 g/mol. The van der Waals surface area contributed by atoms with Gasteiger partial charge in [-0.2, -0.15) is 0 Å². The number of rotatable bonds is 1. The molecule has 58 valence electrons. The molecule has 1 aromatic rings. The lowest BCUT2D eigenvalue weighted by molar-refractivity contribution is 0.112. The molecule has 0 radical (unpaired) electrons. The quantitative estimate of drug-likeness (QED) is 0.634. The number of phenolic OH excluding ortho intramolecular Hbond substituents is 1. The van der Waals surface area contributed by atoms with E-state index >= 15 is 0 Å². The van der Waals surface area contributed by atoms with Crippen molar-refractivity contribution in [1.82, 2.24) is 0 Å². The highest BCUT2D eigenvalue weighted by atomic mass is 127. The van der Waals surface area contributed by atoms with Gasteiger partial charge in [0, 0.05) is 9.64 Å². The van der Waals surface area contributed by atoms with Crippen molar-refractivity contribution in [1.29, 1.82) is 0 Å². The molecule has 11 heavy (non-hydrogen) atoms. The molecule has 0 bridgehead atoms.